The standard InChI is InChI=1S/C19H26N4O4S/c1-28-13-6-16(17(24)20-7-8-22-9-11-27-12-10-22)23-18(25)14-4-2-3-5-15(14)21-19(23)26/h2-5,16H,6-13H2,1H3,(H,20,24)(H,21,26)/t16-/m0/s1. The van der Waals surface area contributed by atoms with Crippen LogP contribution in [0.2, 0.25) is 0 Å². The monoisotopic (exact) mass is 406 g/mol. The van der Waals surface area contributed by atoms with E-state index in [9.17, 15) is 14.4 Å². The van der Waals surface area contributed by atoms with Crippen LogP contribution in [0, 0.1) is 0 Å². The summed E-state index contributed by atoms with van der Waals surface area (Å²) < 4.78 is 6.38. The number of para-hydroxylation sites is 1. The number of carbonyl (C=O) groups is 1. The number of carbonyl (C=O) groups excluding carboxylic acids is 1. The summed E-state index contributed by atoms with van der Waals surface area (Å²) in [5.41, 5.74) is -0.517. The largest absolute Gasteiger partial charge is 0.379 e. The van der Waals surface area contributed by atoms with Gasteiger partial charge in [0.2, 0.25) is 5.91 Å². The number of H-pyrrole nitrogens is 1. The molecule has 152 valence electrons. The van der Waals surface area contributed by atoms with E-state index in [0.29, 0.717) is 49.4 Å². The summed E-state index contributed by atoms with van der Waals surface area (Å²) in [7, 11) is 0. The third-order valence-electron chi connectivity index (χ3n) is 4.88. The Labute approximate surface area is 167 Å². The highest BCUT2D eigenvalue weighted by Gasteiger charge is 2.24. The number of nitrogens with one attached hydrogen (secondary N) is 2. The molecule has 0 unspecified atom stereocenters. The van der Waals surface area contributed by atoms with Gasteiger partial charge in [-0.25, -0.2) is 9.36 Å². The van der Waals surface area contributed by atoms with E-state index in [2.05, 4.69) is 15.2 Å². The van der Waals surface area contributed by atoms with Crippen molar-refractivity contribution in [2.24, 2.45) is 0 Å². The van der Waals surface area contributed by atoms with E-state index >= 15 is 0 Å². The van der Waals surface area contributed by atoms with Crippen LogP contribution >= 0.6 is 11.8 Å². The lowest BCUT2D eigenvalue weighted by Gasteiger charge is -2.27. The van der Waals surface area contributed by atoms with Gasteiger partial charge in [0.1, 0.15) is 6.04 Å². The minimum atomic E-state index is -0.835. The SMILES string of the molecule is CSCC[C@@H](C(=O)NCCN1CCOCC1)n1c(=O)[nH]c2ccccc2c1=O. The summed E-state index contributed by atoms with van der Waals surface area (Å²) in [4.78, 5) is 43.3. The van der Waals surface area contributed by atoms with Gasteiger partial charge in [-0.15, -0.1) is 0 Å². The summed E-state index contributed by atoms with van der Waals surface area (Å²) in [6, 6.07) is 6.00. The molecule has 1 aromatic heterocycles. The number of benzene rings is 1. The van der Waals surface area contributed by atoms with Crippen LogP contribution < -0.4 is 16.6 Å². The lowest BCUT2D eigenvalue weighted by Crippen LogP contribution is -2.47. The molecule has 0 saturated carbocycles. The van der Waals surface area contributed by atoms with Crippen molar-refractivity contribution in [3.63, 3.8) is 0 Å². The lowest BCUT2D eigenvalue weighted by molar-refractivity contribution is -0.124. The molecule has 28 heavy (non-hydrogen) atoms. The second-order valence-electron chi connectivity index (χ2n) is 6.69. The molecule has 0 radical (unpaired) electrons. The first-order chi connectivity index (χ1) is 13.6. The van der Waals surface area contributed by atoms with Crippen molar-refractivity contribution in [2.75, 3.05) is 51.4 Å². The zero-order valence-electron chi connectivity index (χ0n) is 16.0. The maximum absolute atomic E-state index is 12.9. The minimum Gasteiger partial charge on any atom is -0.379 e. The Bertz CT molecular complexity index is 920. The van der Waals surface area contributed by atoms with Gasteiger partial charge in [0.05, 0.1) is 24.1 Å². The van der Waals surface area contributed by atoms with Gasteiger partial charge in [-0.3, -0.25) is 14.5 Å². The summed E-state index contributed by atoms with van der Waals surface area (Å²) in [6.07, 6.45) is 2.34. The molecule has 0 aliphatic carbocycles. The van der Waals surface area contributed by atoms with Gasteiger partial charge >= 0.3 is 5.69 Å². The van der Waals surface area contributed by atoms with E-state index < -0.39 is 17.3 Å². The number of hydrogen-bond acceptors (Lipinski definition) is 6. The van der Waals surface area contributed by atoms with Gasteiger partial charge in [-0.05, 0) is 30.6 Å². The molecule has 1 amide bonds. The Hall–Kier alpha value is -2.10. The number of morpholine rings is 1. The highest BCUT2D eigenvalue weighted by molar-refractivity contribution is 7.98. The van der Waals surface area contributed by atoms with Crippen LogP contribution in [0.4, 0.5) is 0 Å². The number of rotatable bonds is 8. The molecule has 1 aliphatic heterocycles. The smallest absolute Gasteiger partial charge is 0.329 e. The molecule has 0 bridgehead atoms. The molecule has 3 rings (SSSR count). The highest BCUT2D eigenvalue weighted by atomic mass is 32.2. The van der Waals surface area contributed by atoms with E-state index in [1.54, 1.807) is 36.0 Å². The second kappa shape index (κ2) is 9.90. The number of aromatic amines is 1. The molecular formula is C19H26N4O4S. The molecular weight excluding hydrogens is 380 g/mol. The average molecular weight is 407 g/mol. The molecule has 2 heterocycles. The Morgan fingerprint density at radius 3 is 2.79 bits per heavy atom. The molecule has 2 aromatic rings. The highest BCUT2D eigenvalue weighted by Crippen LogP contribution is 2.13. The van der Waals surface area contributed by atoms with Crippen LogP contribution in [0.15, 0.2) is 33.9 Å². The first-order valence-electron chi connectivity index (χ1n) is 9.42. The third kappa shape index (κ3) is 4.84. The molecule has 1 aromatic carbocycles. The van der Waals surface area contributed by atoms with E-state index in [4.69, 9.17) is 4.74 Å². The Morgan fingerprint density at radius 2 is 2.04 bits per heavy atom. The fourth-order valence-electron chi connectivity index (χ4n) is 3.35. The number of aromatic nitrogens is 2. The van der Waals surface area contributed by atoms with E-state index in [1.165, 1.54) is 0 Å². The summed E-state index contributed by atoms with van der Waals surface area (Å²) in [5, 5.41) is 3.30. The predicted octanol–water partition coefficient (Wildman–Crippen LogP) is 0.432. The second-order valence-corrected chi connectivity index (χ2v) is 7.68. The predicted molar refractivity (Wildman–Crippen MR) is 111 cm³/mol. The first-order valence-corrected chi connectivity index (χ1v) is 10.8. The minimum absolute atomic E-state index is 0.301. The Balaban J connectivity index is 1.79. The first kappa shape index (κ1) is 20.6. The van der Waals surface area contributed by atoms with Crippen molar-refractivity contribution in [3.05, 3.63) is 45.1 Å². The van der Waals surface area contributed by atoms with E-state index in [0.717, 1.165) is 17.7 Å². The van der Waals surface area contributed by atoms with Gasteiger partial charge < -0.3 is 15.0 Å². The molecule has 1 fully saturated rings. The lowest BCUT2D eigenvalue weighted by atomic mass is 10.2. The molecule has 9 heteroatoms. The number of thioether (sulfide) groups is 1. The quantitative estimate of drug-likeness (QED) is 0.660. The van der Waals surface area contributed by atoms with E-state index in [-0.39, 0.29) is 5.91 Å². The maximum atomic E-state index is 12.9. The maximum Gasteiger partial charge on any atom is 0.329 e. The number of hydrogen-bond donors (Lipinski definition) is 2. The Morgan fingerprint density at radius 1 is 1.29 bits per heavy atom. The van der Waals surface area contributed by atoms with Crippen LogP contribution in [-0.2, 0) is 9.53 Å². The molecule has 1 saturated heterocycles. The van der Waals surface area contributed by atoms with Crippen molar-refractivity contribution in [2.45, 2.75) is 12.5 Å². The summed E-state index contributed by atoms with van der Waals surface area (Å²) >= 11 is 1.57. The molecule has 0 spiro atoms. The van der Waals surface area contributed by atoms with Crippen molar-refractivity contribution in [1.82, 2.24) is 19.8 Å². The normalized spacial score (nSPS) is 16.2. The van der Waals surface area contributed by atoms with Crippen molar-refractivity contribution >= 4 is 28.6 Å². The topological polar surface area (TPSA) is 96.4 Å². The van der Waals surface area contributed by atoms with Gasteiger partial charge in [-0.2, -0.15) is 11.8 Å². The fraction of sp³-hybridized carbons (Fsp3) is 0.526. The van der Waals surface area contributed by atoms with E-state index in [1.807, 2.05) is 6.26 Å². The van der Waals surface area contributed by atoms with Crippen molar-refractivity contribution in [3.8, 4) is 0 Å². The van der Waals surface area contributed by atoms with Crippen molar-refractivity contribution in [1.29, 1.82) is 0 Å². The number of fused-ring (bicyclic) bond motifs is 1. The van der Waals surface area contributed by atoms with Gasteiger partial charge in [0.15, 0.2) is 0 Å². The number of ether oxygens (including phenoxy) is 1. The summed E-state index contributed by atoms with van der Waals surface area (Å²) in [6.45, 7) is 4.27. The van der Waals surface area contributed by atoms with Crippen LogP contribution in [0.5, 0.6) is 0 Å². The van der Waals surface area contributed by atoms with Crippen LogP contribution in [0.1, 0.15) is 12.5 Å². The van der Waals surface area contributed by atoms with Crippen LogP contribution in [-0.4, -0.2) is 71.8 Å². The van der Waals surface area contributed by atoms with Gasteiger partial charge in [-0.1, -0.05) is 12.1 Å². The molecule has 8 nitrogen and oxygen atoms in total. The molecule has 2 N–H and O–H groups in total. The number of nitrogens with zero attached hydrogens (tertiary/aromatic N) is 2. The van der Waals surface area contributed by atoms with Gasteiger partial charge in [0.25, 0.3) is 5.56 Å². The number of amides is 1. The van der Waals surface area contributed by atoms with Crippen LogP contribution in [0.3, 0.4) is 0 Å². The molecule has 1 atom stereocenters. The fourth-order valence-corrected chi connectivity index (χ4v) is 3.80. The van der Waals surface area contributed by atoms with Gasteiger partial charge in [0, 0.05) is 26.2 Å². The van der Waals surface area contributed by atoms with Crippen molar-refractivity contribution < 1.29 is 9.53 Å². The van der Waals surface area contributed by atoms with Crippen LogP contribution in [0.25, 0.3) is 10.9 Å². The Kier molecular flexibility index (Phi) is 7.30. The zero-order valence-corrected chi connectivity index (χ0v) is 16.8. The average Bonchev–Trinajstić information content (AvgIpc) is 2.71. The molecule has 1 aliphatic rings. The summed E-state index contributed by atoms with van der Waals surface area (Å²) in [5.74, 6) is 0.366. The zero-order chi connectivity index (χ0) is 19.9. The third-order valence-corrected chi connectivity index (χ3v) is 5.52.